The maximum Gasteiger partial charge on any atom is 0.0635 e. The fourth-order valence-electron chi connectivity index (χ4n) is 2.61. The second-order valence-electron chi connectivity index (χ2n) is 4.98. The molecule has 2 nitrogen and oxygen atoms in total. The lowest BCUT2D eigenvalue weighted by Gasteiger charge is -2.21. The van der Waals surface area contributed by atoms with Gasteiger partial charge in [-0.1, -0.05) is 6.92 Å². The van der Waals surface area contributed by atoms with Crippen LogP contribution in [0.2, 0.25) is 0 Å². The van der Waals surface area contributed by atoms with Crippen LogP contribution < -0.4 is 0 Å². The zero-order chi connectivity index (χ0) is 11.9. The largest absolute Gasteiger partial charge is 0.266 e. The van der Waals surface area contributed by atoms with Crippen LogP contribution in [0.25, 0.3) is 0 Å². The Kier molecular flexibility index (Phi) is 3.65. The van der Waals surface area contributed by atoms with E-state index in [0.29, 0.717) is 23.3 Å². The molecule has 2 rings (SSSR count). The van der Waals surface area contributed by atoms with Crippen molar-refractivity contribution in [2.75, 3.05) is 0 Å². The van der Waals surface area contributed by atoms with Crippen molar-refractivity contribution in [3.05, 3.63) is 16.4 Å². The van der Waals surface area contributed by atoms with E-state index < -0.39 is 0 Å². The average Bonchev–Trinajstić information content (AvgIpc) is 2.73. The Hall–Kier alpha value is -0.0200. The Balaban J connectivity index is 2.36. The molecule has 0 N–H and O–H groups in total. The molecule has 0 amide bonds. The van der Waals surface area contributed by atoms with Crippen LogP contribution in [-0.2, 0) is 0 Å². The lowest BCUT2D eigenvalue weighted by molar-refractivity contribution is 0.445. The Morgan fingerprint density at radius 1 is 1.50 bits per heavy atom. The van der Waals surface area contributed by atoms with Gasteiger partial charge in [0.1, 0.15) is 0 Å². The zero-order valence-electron chi connectivity index (χ0n) is 9.95. The Morgan fingerprint density at radius 3 is 2.69 bits per heavy atom. The lowest BCUT2D eigenvalue weighted by atomic mass is 9.94. The summed E-state index contributed by atoms with van der Waals surface area (Å²) in [4.78, 5) is 0. The van der Waals surface area contributed by atoms with E-state index in [1.165, 1.54) is 12.1 Å². The first-order valence-electron chi connectivity index (χ1n) is 5.89. The van der Waals surface area contributed by atoms with E-state index in [-0.39, 0.29) is 0 Å². The van der Waals surface area contributed by atoms with Crippen LogP contribution in [0.15, 0.2) is 10.7 Å². The smallest absolute Gasteiger partial charge is 0.0635 e. The first-order valence-corrected chi connectivity index (χ1v) is 7.12. The normalized spacial score (nSPS) is 30.2. The number of aromatic nitrogens is 2. The third kappa shape index (κ3) is 2.04. The fourth-order valence-corrected chi connectivity index (χ4v) is 3.48. The molecule has 16 heavy (non-hydrogen) atoms. The number of hydrogen-bond acceptors (Lipinski definition) is 1. The second-order valence-corrected chi connectivity index (χ2v) is 6.39. The minimum absolute atomic E-state index is 0.312. The highest BCUT2D eigenvalue weighted by molar-refractivity contribution is 9.10. The minimum Gasteiger partial charge on any atom is -0.266 e. The van der Waals surface area contributed by atoms with Crippen LogP contribution in [0.5, 0.6) is 0 Å². The van der Waals surface area contributed by atoms with Gasteiger partial charge in [0.15, 0.2) is 0 Å². The highest BCUT2D eigenvalue weighted by atomic mass is 79.9. The van der Waals surface area contributed by atoms with Crippen LogP contribution in [0.4, 0.5) is 0 Å². The second kappa shape index (κ2) is 4.69. The molecule has 3 unspecified atom stereocenters. The molecule has 0 saturated heterocycles. The number of nitrogens with zero attached hydrogens (tertiary/aromatic N) is 2. The van der Waals surface area contributed by atoms with Gasteiger partial charge in [0.25, 0.3) is 0 Å². The monoisotopic (exact) mass is 304 g/mol. The van der Waals surface area contributed by atoms with E-state index in [1.54, 1.807) is 0 Å². The minimum atomic E-state index is 0.312. The highest BCUT2D eigenvalue weighted by Gasteiger charge is 2.35. The number of rotatable bonds is 2. The predicted octanol–water partition coefficient (Wildman–Crippen LogP) is 4.35. The molecule has 0 radical (unpaired) electrons. The maximum absolute atomic E-state index is 6.31. The molecule has 1 aromatic heterocycles. The summed E-state index contributed by atoms with van der Waals surface area (Å²) >= 11 is 9.93. The summed E-state index contributed by atoms with van der Waals surface area (Å²) in [6, 6.07) is 0.405. The summed E-state index contributed by atoms with van der Waals surface area (Å²) in [7, 11) is 0. The average molecular weight is 306 g/mol. The van der Waals surface area contributed by atoms with Gasteiger partial charge in [0, 0.05) is 17.3 Å². The summed E-state index contributed by atoms with van der Waals surface area (Å²) in [5.74, 6) is 1.08. The number of alkyl halides is 1. The molecule has 90 valence electrons. The van der Waals surface area contributed by atoms with Gasteiger partial charge in [-0.25, -0.2) is 0 Å². The van der Waals surface area contributed by atoms with Gasteiger partial charge in [-0.3, -0.25) is 4.68 Å². The van der Waals surface area contributed by atoms with E-state index >= 15 is 0 Å². The Bertz CT molecular complexity index is 375. The van der Waals surface area contributed by atoms with Crippen molar-refractivity contribution in [2.24, 2.45) is 5.92 Å². The Morgan fingerprint density at radius 2 is 2.19 bits per heavy atom. The molecule has 1 heterocycles. The first-order chi connectivity index (χ1) is 7.52. The molecule has 0 aromatic carbocycles. The van der Waals surface area contributed by atoms with E-state index in [4.69, 9.17) is 11.6 Å². The molecule has 3 atom stereocenters. The summed E-state index contributed by atoms with van der Waals surface area (Å²) in [5, 5.41) is 4.76. The third-order valence-electron chi connectivity index (χ3n) is 3.59. The summed E-state index contributed by atoms with van der Waals surface area (Å²) in [6.45, 7) is 6.58. The van der Waals surface area contributed by atoms with Crippen molar-refractivity contribution in [3.63, 3.8) is 0 Å². The molecular formula is C12H18BrClN2. The van der Waals surface area contributed by atoms with Crippen molar-refractivity contribution in [1.82, 2.24) is 9.78 Å². The van der Waals surface area contributed by atoms with Gasteiger partial charge in [-0.15, -0.1) is 11.6 Å². The van der Waals surface area contributed by atoms with Crippen molar-refractivity contribution in [1.29, 1.82) is 0 Å². The molecule has 4 heteroatoms. The molecule has 0 bridgehead atoms. The summed E-state index contributed by atoms with van der Waals surface area (Å²) in [6.07, 6.45) is 4.19. The van der Waals surface area contributed by atoms with Crippen molar-refractivity contribution in [3.8, 4) is 0 Å². The SMILES string of the molecule is CC1C(Cl)CCC1c1c(Br)cnn1C(C)C. The van der Waals surface area contributed by atoms with Gasteiger partial charge in [0.2, 0.25) is 0 Å². The van der Waals surface area contributed by atoms with Crippen LogP contribution in [0.1, 0.15) is 51.3 Å². The molecular weight excluding hydrogens is 288 g/mol. The van der Waals surface area contributed by atoms with E-state index in [2.05, 4.69) is 46.5 Å². The molecule has 1 aliphatic rings. The number of hydrogen-bond donors (Lipinski definition) is 0. The maximum atomic E-state index is 6.31. The third-order valence-corrected chi connectivity index (χ3v) is 4.81. The molecule has 1 fully saturated rings. The molecule has 1 saturated carbocycles. The van der Waals surface area contributed by atoms with Crippen LogP contribution >= 0.6 is 27.5 Å². The predicted molar refractivity (Wildman–Crippen MR) is 71.1 cm³/mol. The highest BCUT2D eigenvalue weighted by Crippen LogP contribution is 2.44. The van der Waals surface area contributed by atoms with Gasteiger partial charge < -0.3 is 0 Å². The topological polar surface area (TPSA) is 17.8 Å². The van der Waals surface area contributed by atoms with Crippen LogP contribution in [0, 0.1) is 5.92 Å². The molecule has 1 aromatic rings. The quantitative estimate of drug-likeness (QED) is 0.743. The Labute approximate surface area is 110 Å². The van der Waals surface area contributed by atoms with E-state index in [0.717, 1.165) is 10.9 Å². The molecule has 0 spiro atoms. The van der Waals surface area contributed by atoms with Crippen LogP contribution in [0.3, 0.4) is 0 Å². The molecule has 1 aliphatic carbocycles. The summed E-state index contributed by atoms with van der Waals surface area (Å²) in [5.41, 5.74) is 1.32. The van der Waals surface area contributed by atoms with Gasteiger partial charge in [-0.2, -0.15) is 5.10 Å². The standard InChI is InChI=1S/C12H18BrClN2/c1-7(2)16-12(10(13)6-15-16)9-4-5-11(14)8(9)3/h6-9,11H,4-5H2,1-3H3. The van der Waals surface area contributed by atoms with Gasteiger partial charge in [-0.05, 0) is 48.5 Å². The molecule has 0 aliphatic heterocycles. The van der Waals surface area contributed by atoms with Crippen molar-refractivity contribution < 1.29 is 0 Å². The van der Waals surface area contributed by atoms with Crippen molar-refractivity contribution >= 4 is 27.5 Å². The van der Waals surface area contributed by atoms with E-state index in [9.17, 15) is 0 Å². The summed E-state index contributed by atoms with van der Waals surface area (Å²) < 4.78 is 3.25. The van der Waals surface area contributed by atoms with E-state index in [1.807, 2.05) is 6.20 Å². The van der Waals surface area contributed by atoms with Crippen molar-refractivity contribution in [2.45, 2.75) is 50.9 Å². The number of halogens is 2. The first kappa shape index (κ1) is 12.4. The zero-order valence-corrected chi connectivity index (χ0v) is 12.3. The van der Waals surface area contributed by atoms with Gasteiger partial charge in [0.05, 0.1) is 16.4 Å². The van der Waals surface area contributed by atoms with Gasteiger partial charge >= 0.3 is 0 Å². The van der Waals surface area contributed by atoms with Crippen LogP contribution in [-0.4, -0.2) is 15.2 Å². The fraction of sp³-hybridized carbons (Fsp3) is 0.750. The lowest BCUT2D eigenvalue weighted by Crippen LogP contribution is -2.16.